The van der Waals surface area contributed by atoms with Crippen molar-refractivity contribution in [3.63, 3.8) is 0 Å². The molecule has 2 aliphatic rings. The second-order valence-corrected chi connectivity index (χ2v) is 7.01. The van der Waals surface area contributed by atoms with E-state index in [-0.39, 0.29) is 17.9 Å². The Balaban J connectivity index is 1.81. The molecular weight excluding hydrogens is 345 g/mol. The first kappa shape index (κ1) is 15.6. The molecule has 0 saturated heterocycles. The van der Waals surface area contributed by atoms with E-state index in [1.54, 1.807) is 18.2 Å². The Morgan fingerprint density at radius 1 is 1.17 bits per heavy atom. The number of carbonyl (C=O) groups is 1. The zero-order chi connectivity index (χ0) is 16.8. The molecular formula is C19H15Cl2NO2. The first-order valence-corrected chi connectivity index (χ1v) is 8.56. The molecule has 3 atom stereocenters. The van der Waals surface area contributed by atoms with E-state index < -0.39 is 5.97 Å². The first-order chi connectivity index (χ1) is 11.6. The number of hydrogen-bond acceptors (Lipinski definition) is 2. The fourth-order valence-electron chi connectivity index (χ4n) is 3.80. The van der Waals surface area contributed by atoms with Gasteiger partial charge >= 0.3 is 5.97 Å². The predicted octanol–water partition coefficient (Wildman–Crippen LogP) is 5.52. The molecule has 1 heterocycles. The summed E-state index contributed by atoms with van der Waals surface area (Å²) in [5, 5.41) is 13.9. The van der Waals surface area contributed by atoms with Crippen LogP contribution in [0.4, 0.5) is 5.69 Å². The number of fused-ring (bicyclic) bond motifs is 3. The zero-order valence-electron chi connectivity index (χ0n) is 12.7. The second-order valence-electron chi connectivity index (χ2n) is 6.23. The van der Waals surface area contributed by atoms with Crippen LogP contribution in [-0.2, 0) is 0 Å². The van der Waals surface area contributed by atoms with Gasteiger partial charge in [-0.05, 0) is 47.7 Å². The molecule has 4 rings (SSSR count). The summed E-state index contributed by atoms with van der Waals surface area (Å²) in [5.74, 6) is -0.436. The summed E-state index contributed by atoms with van der Waals surface area (Å²) in [6.45, 7) is 0. The second kappa shape index (κ2) is 5.83. The minimum Gasteiger partial charge on any atom is -0.478 e. The summed E-state index contributed by atoms with van der Waals surface area (Å²) < 4.78 is 0. The van der Waals surface area contributed by atoms with Crippen molar-refractivity contribution in [3.05, 3.63) is 75.3 Å². The summed E-state index contributed by atoms with van der Waals surface area (Å²) in [6.07, 6.45) is 5.24. The van der Waals surface area contributed by atoms with Gasteiger partial charge in [-0.25, -0.2) is 4.79 Å². The Kier molecular flexibility index (Phi) is 3.78. The molecule has 0 spiro atoms. The monoisotopic (exact) mass is 359 g/mol. The molecule has 1 aliphatic heterocycles. The van der Waals surface area contributed by atoms with Crippen molar-refractivity contribution in [2.24, 2.45) is 5.92 Å². The van der Waals surface area contributed by atoms with Gasteiger partial charge in [0, 0.05) is 11.6 Å². The Hall–Kier alpha value is -1.97. The predicted molar refractivity (Wildman–Crippen MR) is 96.2 cm³/mol. The molecule has 1 aliphatic carbocycles. The first-order valence-electron chi connectivity index (χ1n) is 7.80. The van der Waals surface area contributed by atoms with Crippen LogP contribution in [0.25, 0.3) is 0 Å². The Morgan fingerprint density at radius 3 is 2.79 bits per heavy atom. The number of benzene rings is 2. The summed E-state index contributed by atoms with van der Waals surface area (Å²) in [6, 6.07) is 11.0. The van der Waals surface area contributed by atoms with Crippen molar-refractivity contribution in [2.75, 3.05) is 5.32 Å². The van der Waals surface area contributed by atoms with Crippen molar-refractivity contribution in [2.45, 2.75) is 18.4 Å². The van der Waals surface area contributed by atoms with Crippen molar-refractivity contribution < 1.29 is 9.90 Å². The van der Waals surface area contributed by atoms with E-state index in [2.05, 4.69) is 17.5 Å². The lowest BCUT2D eigenvalue weighted by atomic mass is 9.76. The molecule has 0 aromatic heterocycles. The molecule has 2 N–H and O–H groups in total. The molecule has 2 aromatic rings. The van der Waals surface area contributed by atoms with Crippen molar-refractivity contribution in [1.29, 1.82) is 0 Å². The van der Waals surface area contributed by atoms with Gasteiger partial charge in [-0.3, -0.25) is 0 Å². The van der Waals surface area contributed by atoms with Gasteiger partial charge in [0.1, 0.15) is 0 Å². The number of carboxylic acid groups (broad SMARTS) is 1. The molecule has 0 saturated carbocycles. The lowest BCUT2D eigenvalue weighted by Crippen LogP contribution is -2.29. The highest BCUT2D eigenvalue weighted by molar-refractivity contribution is 6.42. The fraction of sp³-hybridized carbons (Fsp3) is 0.211. The minimum absolute atomic E-state index is 0.0411. The third-order valence-electron chi connectivity index (χ3n) is 4.93. The standard InChI is InChI=1S/C19H15Cl2NO2/c20-15-6-2-5-13(17(15)21)18-12-4-1-3-11(12)14-9-10(19(23)24)7-8-16(14)22-18/h1-3,5-9,11-12,18,22H,4H2,(H,23,24)/t11-,12+,18+/m0/s1. The SMILES string of the molecule is O=C(O)c1ccc2c(c1)[C@H]1C=CC[C@H]1[C@H](c1cccc(Cl)c1Cl)N2. The zero-order valence-corrected chi connectivity index (χ0v) is 14.2. The lowest BCUT2D eigenvalue weighted by Gasteiger charge is -2.38. The van der Waals surface area contributed by atoms with E-state index in [0.717, 1.165) is 23.2 Å². The van der Waals surface area contributed by atoms with Crippen LogP contribution in [0.1, 0.15) is 39.9 Å². The van der Waals surface area contributed by atoms with E-state index in [9.17, 15) is 9.90 Å². The number of carboxylic acids is 1. The number of hydrogen-bond donors (Lipinski definition) is 2. The average Bonchev–Trinajstić information content (AvgIpc) is 3.06. The van der Waals surface area contributed by atoms with Crippen LogP contribution in [0.3, 0.4) is 0 Å². The maximum atomic E-state index is 11.3. The molecule has 3 nitrogen and oxygen atoms in total. The van der Waals surface area contributed by atoms with Crippen molar-refractivity contribution in [3.8, 4) is 0 Å². The third-order valence-corrected chi connectivity index (χ3v) is 5.76. The van der Waals surface area contributed by atoms with Crippen LogP contribution >= 0.6 is 23.2 Å². The third kappa shape index (κ3) is 2.40. The molecule has 0 amide bonds. The highest BCUT2D eigenvalue weighted by atomic mass is 35.5. The molecule has 122 valence electrons. The van der Waals surface area contributed by atoms with E-state index in [1.165, 1.54) is 0 Å². The van der Waals surface area contributed by atoms with Gasteiger partial charge in [0.25, 0.3) is 0 Å². The van der Waals surface area contributed by atoms with Crippen molar-refractivity contribution in [1.82, 2.24) is 0 Å². The van der Waals surface area contributed by atoms with Gasteiger partial charge < -0.3 is 10.4 Å². The lowest BCUT2D eigenvalue weighted by molar-refractivity contribution is 0.0696. The van der Waals surface area contributed by atoms with Crippen LogP contribution < -0.4 is 5.32 Å². The van der Waals surface area contributed by atoms with Crippen LogP contribution in [0.2, 0.25) is 10.0 Å². The molecule has 0 unspecified atom stereocenters. The summed E-state index contributed by atoms with van der Waals surface area (Å²) in [5.41, 5.74) is 3.28. The van der Waals surface area contributed by atoms with Gasteiger partial charge in [-0.2, -0.15) is 0 Å². The number of nitrogens with one attached hydrogen (secondary N) is 1. The summed E-state index contributed by atoms with van der Waals surface area (Å²) in [7, 11) is 0. The maximum absolute atomic E-state index is 11.3. The van der Waals surface area contributed by atoms with Crippen LogP contribution in [0, 0.1) is 5.92 Å². The summed E-state index contributed by atoms with van der Waals surface area (Å²) >= 11 is 12.6. The molecule has 2 aromatic carbocycles. The minimum atomic E-state index is -0.906. The van der Waals surface area contributed by atoms with Crippen LogP contribution in [0.15, 0.2) is 48.6 Å². The largest absolute Gasteiger partial charge is 0.478 e. The molecule has 24 heavy (non-hydrogen) atoms. The number of rotatable bonds is 2. The maximum Gasteiger partial charge on any atom is 0.335 e. The molecule has 0 bridgehead atoms. The van der Waals surface area contributed by atoms with E-state index in [0.29, 0.717) is 15.6 Å². The number of halogens is 2. The van der Waals surface area contributed by atoms with Gasteiger partial charge in [-0.15, -0.1) is 0 Å². The van der Waals surface area contributed by atoms with E-state index >= 15 is 0 Å². The quantitative estimate of drug-likeness (QED) is 0.694. The van der Waals surface area contributed by atoms with Gasteiger partial charge in [0.05, 0.1) is 21.7 Å². The Bertz CT molecular complexity index is 862. The summed E-state index contributed by atoms with van der Waals surface area (Å²) in [4.78, 5) is 11.3. The number of anilines is 1. The number of aromatic carboxylic acids is 1. The van der Waals surface area contributed by atoms with Crippen LogP contribution in [0.5, 0.6) is 0 Å². The Morgan fingerprint density at radius 2 is 2.00 bits per heavy atom. The normalized spacial score (nSPS) is 24.2. The highest BCUT2D eigenvalue weighted by Gasteiger charge is 2.39. The average molecular weight is 360 g/mol. The van der Waals surface area contributed by atoms with E-state index in [1.807, 2.05) is 18.2 Å². The molecule has 5 heteroatoms. The highest BCUT2D eigenvalue weighted by Crippen LogP contribution is 2.51. The van der Waals surface area contributed by atoms with Crippen LogP contribution in [-0.4, -0.2) is 11.1 Å². The Labute approximate surface area is 149 Å². The van der Waals surface area contributed by atoms with E-state index in [4.69, 9.17) is 23.2 Å². The topological polar surface area (TPSA) is 49.3 Å². The number of allylic oxidation sites excluding steroid dienone is 2. The van der Waals surface area contributed by atoms with Gasteiger partial charge in [-0.1, -0.05) is 47.5 Å². The smallest absolute Gasteiger partial charge is 0.335 e. The van der Waals surface area contributed by atoms with Crippen molar-refractivity contribution >= 4 is 34.9 Å². The van der Waals surface area contributed by atoms with Gasteiger partial charge in [0.2, 0.25) is 0 Å². The van der Waals surface area contributed by atoms with Gasteiger partial charge in [0.15, 0.2) is 0 Å². The molecule has 0 fully saturated rings. The fourth-order valence-corrected chi connectivity index (χ4v) is 4.22. The molecule has 0 radical (unpaired) electrons.